The van der Waals surface area contributed by atoms with Crippen LogP contribution in [0.3, 0.4) is 0 Å². The quantitative estimate of drug-likeness (QED) is 0.611. The summed E-state index contributed by atoms with van der Waals surface area (Å²) in [6.07, 6.45) is 6.73. The van der Waals surface area contributed by atoms with Crippen LogP contribution in [0, 0.1) is 0 Å². The summed E-state index contributed by atoms with van der Waals surface area (Å²) in [6.45, 7) is 1.00. The van der Waals surface area contributed by atoms with Crippen molar-refractivity contribution in [2.75, 3.05) is 19.4 Å². The maximum atomic E-state index is 12.5. The van der Waals surface area contributed by atoms with Gasteiger partial charge >= 0.3 is 0 Å². The summed E-state index contributed by atoms with van der Waals surface area (Å²) in [5.41, 5.74) is 2.70. The first-order valence-electron chi connectivity index (χ1n) is 10.3. The van der Waals surface area contributed by atoms with Gasteiger partial charge in [-0.3, -0.25) is 4.79 Å². The van der Waals surface area contributed by atoms with Gasteiger partial charge in [-0.05, 0) is 62.1 Å². The number of nitrogens with one attached hydrogen (secondary N) is 1. The molecule has 4 nitrogen and oxygen atoms in total. The zero-order chi connectivity index (χ0) is 20.4. The fraction of sp³-hybridized carbons (Fsp3) is 0.375. The maximum absolute atomic E-state index is 12.5. The van der Waals surface area contributed by atoms with Crippen molar-refractivity contribution in [3.8, 4) is 0 Å². The Kier molecular flexibility index (Phi) is 7.12. The Balaban J connectivity index is 0.00000256. The van der Waals surface area contributed by atoms with Crippen molar-refractivity contribution in [3.63, 3.8) is 0 Å². The van der Waals surface area contributed by atoms with Gasteiger partial charge in [0.05, 0.1) is 20.1 Å². The molecule has 0 bridgehead atoms. The fourth-order valence-electron chi connectivity index (χ4n) is 4.39. The van der Waals surface area contributed by atoms with Gasteiger partial charge in [0.15, 0.2) is 5.76 Å². The van der Waals surface area contributed by atoms with Crippen molar-refractivity contribution in [2.45, 2.75) is 44.7 Å². The molecule has 1 aromatic heterocycles. The highest BCUT2D eigenvalue weighted by atomic mass is 35.5. The molecule has 1 heterocycles. The van der Waals surface area contributed by atoms with Gasteiger partial charge < -0.3 is 26.6 Å². The lowest BCUT2D eigenvalue weighted by molar-refractivity contribution is -0.929. The summed E-state index contributed by atoms with van der Waals surface area (Å²) < 4.78 is 6.66. The number of anilines is 1. The molecule has 1 saturated carbocycles. The van der Waals surface area contributed by atoms with E-state index in [-0.39, 0.29) is 24.1 Å². The zero-order valence-electron chi connectivity index (χ0n) is 17.5. The van der Waals surface area contributed by atoms with E-state index in [1.165, 1.54) is 37.7 Å². The number of nitrogens with zero attached hydrogens (tertiary/aromatic N) is 1. The van der Waals surface area contributed by atoms with Crippen LogP contribution >= 0.6 is 11.6 Å². The molecule has 1 N–H and O–H groups in total. The van der Waals surface area contributed by atoms with Crippen LogP contribution in [-0.4, -0.2) is 30.5 Å². The third-order valence-corrected chi connectivity index (χ3v) is 6.30. The van der Waals surface area contributed by atoms with Crippen LogP contribution in [-0.2, 0) is 6.54 Å². The number of benzene rings is 2. The summed E-state index contributed by atoms with van der Waals surface area (Å²) in [6, 6.07) is 15.9. The molecule has 0 radical (unpaired) electrons. The largest absolute Gasteiger partial charge is 1.00 e. The number of quaternary nitrogens is 1. The summed E-state index contributed by atoms with van der Waals surface area (Å²) in [5, 5.41) is 4.36. The highest BCUT2D eigenvalue weighted by Gasteiger charge is 2.29. The van der Waals surface area contributed by atoms with E-state index in [0.29, 0.717) is 10.6 Å². The van der Waals surface area contributed by atoms with Crippen molar-refractivity contribution in [1.29, 1.82) is 0 Å². The van der Waals surface area contributed by atoms with Crippen LogP contribution in [0.2, 0.25) is 5.02 Å². The monoisotopic (exact) mass is 446 g/mol. The molecule has 6 heteroatoms. The Labute approximate surface area is 189 Å². The van der Waals surface area contributed by atoms with Crippen LogP contribution in [0.4, 0.5) is 5.69 Å². The first-order valence-corrected chi connectivity index (χ1v) is 10.7. The standard InChI is InChI=1S/C24H27ClN2O2.ClH/c1-27(2,21-6-4-3-5-7-21)16-17-8-11-20(12-9-17)26-24(28)23-15-18-14-19(25)10-13-22(18)29-23;/h8-15,21H,3-7,16H2,1-2H3;1H. The van der Waals surface area contributed by atoms with E-state index >= 15 is 0 Å². The minimum Gasteiger partial charge on any atom is -1.00 e. The van der Waals surface area contributed by atoms with E-state index in [4.69, 9.17) is 16.0 Å². The predicted octanol–water partition coefficient (Wildman–Crippen LogP) is 3.25. The van der Waals surface area contributed by atoms with Crippen LogP contribution in [0.15, 0.2) is 52.9 Å². The van der Waals surface area contributed by atoms with Gasteiger partial charge in [-0.15, -0.1) is 0 Å². The molecule has 30 heavy (non-hydrogen) atoms. The number of hydrogen-bond acceptors (Lipinski definition) is 2. The number of halogens is 2. The van der Waals surface area contributed by atoms with Crippen LogP contribution in [0.5, 0.6) is 0 Å². The highest BCUT2D eigenvalue weighted by Crippen LogP contribution is 2.28. The first-order chi connectivity index (χ1) is 13.9. The van der Waals surface area contributed by atoms with E-state index in [2.05, 4.69) is 31.5 Å². The lowest BCUT2D eigenvalue weighted by atomic mass is 9.92. The molecule has 4 rings (SSSR count). The Morgan fingerprint density at radius 2 is 1.77 bits per heavy atom. The van der Waals surface area contributed by atoms with Crippen LogP contribution in [0.25, 0.3) is 11.0 Å². The average molecular weight is 447 g/mol. The lowest BCUT2D eigenvalue weighted by Crippen LogP contribution is -3.00. The van der Waals surface area contributed by atoms with E-state index in [1.807, 2.05) is 12.1 Å². The maximum Gasteiger partial charge on any atom is 0.291 e. The van der Waals surface area contributed by atoms with Gasteiger partial charge in [-0.1, -0.05) is 30.2 Å². The summed E-state index contributed by atoms with van der Waals surface area (Å²) in [5.74, 6) is 0.0184. The number of carbonyl (C=O) groups is 1. The predicted molar refractivity (Wildman–Crippen MR) is 118 cm³/mol. The van der Waals surface area contributed by atoms with Crippen LogP contribution < -0.4 is 17.7 Å². The fourth-order valence-corrected chi connectivity index (χ4v) is 4.57. The Morgan fingerprint density at radius 1 is 1.07 bits per heavy atom. The number of fused-ring (bicyclic) bond motifs is 1. The van der Waals surface area contributed by atoms with Crippen molar-refractivity contribution in [1.82, 2.24) is 0 Å². The van der Waals surface area contributed by atoms with E-state index in [9.17, 15) is 4.79 Å². The number of amides is 1. The summed E-state index contributed by atoms with van der Waals surface area (Å²) in [7, 11) is 4.67. The molecule has 2 aromatic carbocycles. The normalized spacial score (nSPS) is 15.0. The average Bonchev–Trinajstić information content (AvgIpc) is 3.13. The first kappa shape index (κ1) is 22.7. The minimum atomic E-state index is -0.261. The van der Waals surface area contributed by atoms with Crippen LogP contribution in [0.1, 0.15) is 48.2 Å². The van der Waals surface area contributed by atoms with Gasteiger partial charge in [-0.2, -0.15) is 0 Å². The highest BCUT2D eigenvalue weighted by molar-refractivity contribution is 6.31. The van der Waals surface area contributed by atoms with Gasteiger partial charge in [0.25, 0.3) is 5.91 Å². The molecule has 0 aliphatic heterocycles. The Hall–Kier alpha value is -2.01. The Bertz CT molecular complexity index is 1010. The minimum absolute atomic E-state index is 0. The number of rotatable bonds is 5. The van der Waals surface area contributed by atoms with Gasteiger partial charge in [0.1, 0.15) is 12.1 Å². The van der Waals surface area contributed by atoms with Crippen molar-refractivity contribution >= 4 is 34.2 Å². The summed E-state index contributed by atoms with van der Waals surface area (Å²) in [4.78, 5) is 12.5. The summed E-state index contributed by atoms with van der Waals surface area (Å²) >= 11 is 6.00. The molecule has 3 aromatic rings. The van der Waals surface area contributed by atoms with E-state index < -0.39 is 0 Å². The van der Waals surface area contributed by atoms with Crippen molar-refractivity contribution in [3.05, 3.63) is 64.9 Å². The molecule has 0 atom stereocenters. The van der Waals surface area contributed by atoms with Crippen molar-refractivity contribution in [2.24, 2.45) is 0 Å². The Morgan fingerprint density at radius 3 is 2.47 bits per heavy atom. The zero-order valence-corrected chi connectivity index (χ0v) is 19.0. The molecular formula is C24H28Cl2N2O2. The topological polar surface area (TPSA) is 42.2 Å². The van der Waals surface area contributed by atoms with E-state index in [1.54, 1.807) is 24.3 Å². The molecule has 0 spiro atoms. The number of furan rings is 1. The van der Waals surface area contributed by atoms with Gasteiger partial charge in [-0.25, -0.2) is 0 Å². The smallest absolute Gasteiger partial charge is 0.291 e. The lowest BCUT2D eigenvalue weighted by Gasteiger charge is -2.40. The third kappa shape index (κ3) is 5.18. The van der Waals surface area contributed by atoms with Gasteiger partial charge in [0, 0.05) is 21.7 Å². The van der Waals surface area contributed by atoms with E-state index in [0.717, 1.165) is 28.1 Å². The molecule has 1 aliphatic rings. The number of carbonyl (C=O) groups excluding carboxylic acids is 1. The second-order valence-corrected chi connectivity index (χ2v) is 9.11. The molecule has 1 aliphatic carbocycles. The SMILES string of the molecule is C[N+](C)(Cc1ccc(NC(=O)c2cc3cc(Cl)ccc3o2)cc1)C1CCCCC1.[Cl-]. The molecular weight excluding hydrogens is 419 g/mol. The molecule has 1 amide bonds. The molecule has 1 fully saturated rings. The number of hydrogen-bond donors (Lipinski definition) is 1. The molecule has 0 unspecified atom stereocenters. The molecule has 0 saturated heterocycles. The van der Waals surface area contributed by atoms with Gasteiger partial charge in [0.2, 0.25) is 0 Å². The van der Waals surface area contributed by atoms with Crippen molar-refractivity contribution < 1.29 is 26.1 Å². The second kappa shape index (κ2) is 9.42. The molecule has 160 valence electrons. The second-order valence-electron chi connectivity index (χ2n) is 8.67. The third-order valence-electron chi connectivity index (χ3n) is 6.07.